The topological polar surface area (TPSA) is 58.9 Å². The standard InChI is InChI=1S/C26H27F3O4/c27-26(28,29)21-5-1-4-20(14-21)19-3-2-6-22(10-9-19)33-24-12-18(13-25(30)31)11-23(15-24)32-16-17-7-8-17/h1-5,10,12,14-15,17,22-23,25,30-31H,6-8,11,13,16H2. The van der Waals surface area contributed by atoms with Gasteiger partial charge in [-0.3, -0.25) is 0 Å². The summed E-state index contributed by atoms with van der Waals surface area (Å²) in [5.41, 5.74) is 4.19. The SMILES string of the molecule is OC(O)CC1=CC(OC2C=C=C(c3cccc(C(F)(F)F)c3)C=CC2)=CC(OCC2CC2)C1. The van der Waals surface area contributed by atoms with Crippen molar-refractivity contribution in [3.05, 3.63) is 82.8 Å². The highest BCUT2D eigenvalue weighted by atomic mass is 19.4. The van der Waals surface area contributed by atoms with Crippen molar-refractivity contribution in [1.82, 2.24) is 0 Å². The van der Waals surface area contributed by atoms with Crippen LogP contribution in [0, 0.1) is 5.92 Å². The van der Waals surface area contributed by atoms with Gasteiger partial charge in [-0.05, 0) is 61.1 Å². The van der Waals surface area contributed by atoms with Crippen molar-refractivity contribution in [2.45, 2.75) is 56.8 Å². The van der Waals surface area contributed by atoms with Gasteiger partial charge in [0.15, 0.2) is 6.29 Å². The zero-order valence-corrected chi connectivity index (χ0v) is 18.1. The number of allylic oxidation sites excluding steroid dienone is 2. The first kappa shape index (κ1) is 23.6. The molecule has 33 heavy (non-hydrogen) atoms. The molecule has 0 spiro atoms. The number of aliphatic hydroxyl groups is 2. The molecule has 0 aromatic heterocycles. The first-order chi connectivity index (χ1) is 15.8. The van der Waals surface area contributed by atoms with Gasteiger partial charge in [0.1, 0.15) is 11.9 Å². The molecule has 0 bridgehead atoms. The second-order valence-electron chi connectivity index (χ2n) is 8.67. The zero-order valence-electron chi connectivity index (χ0n) is 18.1. The summed E-state index contributed by atoms with van der Waals surface area (Å²) < 4.78 is 51.3. The summed E-state index contributed by atoms with van der Waals surface area (Å²) in [6, 6.07) is 5.17. The van der Waals surface area contributed by atoms with E-state index in [1.807, 2.05) is 12.2 Å². The molecule has 7 heteroatoms. The third kappa shape index (κ3) is 6.95. The maximum atomic E-state index is 13.1. The molecule has 3 aliphatic carbocycles. The van der Waals surface area contributed by atoms with E-state index in [9.17, 15) is 23.4 Å². The van der Waals surface area contributed by atoms with Gasteiger partial charge in [0.2, 0.25) is 0 Å². The van der Waals surface area contributed by atoms with Gasteiger partial charge in [-0.2, -0.15) is 13.2 Å². The van der Waals surface area contributed by atoms with Gasteiger partial charge < -0.3 is 19.7 Å². The Kier molecular flexibility index (Phi) is 7.25. The molecule has 0 amide bonds. The van der Waals surface area contributed by atoms with Crippen molar-refractivity contribution in [2.75, 3.05) is 6.61 Å². The van der Waals surface area contributed by atoms with Crippen molar-refractivity contribution in [2.24, 2.45) is 5.92 Å². The molecule has 4 rings (SSSR count). The third-order valence-corrected chi connectivity index (χ3v) is 5.71. The van der Waals surface area contributed by atoms with Crippen LogP contribution in [-0.2, 0) is 15.7 Å². The van der Waals surface area contributed by atoms with E-state index in [1.54, 1.807) is 24.3 Å². The first-order valence-electron chi connectivity index (χ1n) is 11.1. The Bertz CT molecular complexity index is 1010. The summed E-state index contributed by atoms with van der Waals surface area (Å²) in [6.07, 6.45) is 6.17. The monoisotopic (exact) mass is 460 g/mol. The molecule has 0 aliphatic heterocycles. The number of benzene rings is 1. The molecule has 2 unspecified atom stereocenters. The van der Waals surface area contributed by atoms with Crippen LogP contribution in [-0.4, -0.2) is 35.3 Å². The Morgan fingerprint density at radius 3 is 2.70 bits per heavy atom. The lowest BCUT2D eigenvalue weighted by Gasteiger charge is -2.24. The lowest BCUT2D eigenvalue weighted by Crippen LogP contribution is -2.20. The molecule has 1 aromatic carbocycles. The summed E-state index contributed by atoms with van der Waals surface area (Å²) in [7, 11) is 0. The van der Waals surface area contributed by atoms with Gasteiger partial charge in [-0.15, -0.1) is 5.73 Å². The fourth-order valence-electron chi connectivity index (χ4n) is 3.83. The molecule has 1 aromatic rings. The highest BCUT2D eigenvalue weighted by Gasteiger charge is 2.30. The third-order valence-electron chi connectivity index (χ3n) is 5.71. The zero-order chi connectivity index (χ0) is 23.4. The number of hydrogen-bond donors (Lipinski definition) is 2. The predicted octanol–water partition coefficient (Wildman–Crippen LogP) is 5.30. The van der Waals surface area contributed by atoms with Gasteiger partial charge in [0.25, 0.3) is 0 Å². The van der Waals surface area contributed by atoms with E-state index in [1.165, 1.54) is 18.9 Å². The summed E-state index contributed by atoms with van der Waals surface area (Å²) in [5.74, 6) is 1.19. The number of alkyl halides is 3. The maximum absolute atomic E-state index is 13.1. The number of halogens is 3. The summed E-state index contributed by atoms with van der Waals surface area (Å²) in [5, 5.41) is 18.8. The quantitative estimate of drug-likeness (QED) is 0.408. The van der Waals surface area contributed by atoms with Crippen LogP contribution in [0.1, 0.15) is 43.2 Å². The average molecular weight is 460 g/mol. The van der Waals surface area contributed by atoms with E-state index >= 15 is 0 Å². The van der Waals surface area contributed by atoms with E-state index in [2.05, 4.69) is 5.73 Å². The molecule has 3 aliphatic rings. The van der Waals surface area contributed by atoms with Gasteiger partial charge in [0, 0.05) is 18.4 Å². The summed E-state index contributed by atoms with van der Waals surface area (Å²) in [4.78, 5) is 0. The summed E-state index contributed by atoms with van der Waals surface area (Å²) >= 11 is 0. The molecular weight excluding hydrogens is 433 g/mol. The van der Waals surface area contributed by atoms with Crippen LogP contribution in [0.5, 0.6) is 0 Å². The van der Waals surface area contributed by atoms with E-state index in [-0.39, 0.29) is 18.6 Å². The van der Waals surface area contributed by atoms with Crippen molar-refractivity contribution < 1.29 is 32.9 Å². The molecule has 0 radical (unpaired) electrons. The summed E-state index contributed by atoms with van der Waals surface area (Å²) in [6.45, 7) is 0.679. The minimum Gasteiger partial charge on any atom is -0.486 e. The minimum absolute atomic E-state index is 0.115. The Balaban J connectivity index is 1.49. The van der Waals surface area contributed by atoms with E-state index < -0.39 is 18.0 Å². The minimum atomic E-state index is -4.40. The van der Waals surface area contributed by atoms with Crippen molar-refractivity contribution in [3.8, 4) is 0 Å². The van der Waals surface area contributed by atoms with Crippen LogP contribution in [0.25, 0.3) is 5.57 Å². The molecule has 1 fully saturated rings. The smallest absolute Gasteiger partial charge is 0.416 e. The lowest BCUT2D eigenvalue weighted by molar-refractivity contribution is -0.137. The predicted molar refractivity (Wildman–Crippen MR) is 118 cm³/mol. The van der Waals surface area contributed by atoms with E-state index in [0.717, 1.165) is 17.7 Å². The van der Waals surface area contributed by atoms with Crippen LogP contribution < -0.4 is 0 Å². The number of rotatable bonds is 8. The van der Waals surface area contributed by atoms with Gasteiger partial charge in [-0.1, -0.05) is 29.9 Å². The van der Waals surface area contributed by atoms with Crippen molar-refractivity contribution in [3.63, 3.8) is 0 Å². The second-order valence-corrected chi connectivity index (χ2v) is 8.67. The Morgan fingerprint density at radius 1 is 1.15 bits per heavy atom. The lowest BCUT2D eigenvalue weighted by atomic mass is 9.98. The highest BCUT2D eigenvalue weighted by molar-refractivity contribution is 5.74. The molecule has 0 saturated heterocycles. The molecular formula is C26H27F3O4. The van der Waals surface area contributed by atoms with Gasteiger partial charge in [0.05, 0.1) is 18.3 Å². The maximum Gasteiger partial charge on any atom is 0.416 e. The van der Waals surface area contributed by atoms with Crippen LogP contribution in [0.3, 0.4) is 0 Å². The molecule has 2 atom stereocenters. The van der Waals surface area contributed by atoms with E-state index in [0.29, 0.717) is 42.3 Å². The normalized spacial score (nSPS) is 23.2. The molecule has 2 N–H and O–H groups in total. The average Bonchev–Trinajstić information content (AvgIpc) is 3.59. The fraction of sp³-hybridized carbons (Fsp3) is 0.423. The second kappa shape index (κ2) is 10.1. The van der Waals surface area contributed by atoms with Crippen LogP contribution in [0.4, 0.5) is 13.2 Å². The largest absolute Gasteiger partial charge is 0.486 e. The molecule has 176 valence electrons. The van der Waals surface area contributed by atoms with Crippen molar-refractivity contribution >= 4 is 5.57 Å². The van der Waals surface area contributed by atoms with Crippen molar-refractivity contribution in [1.29, 1.82) is 0 Å². The van der Waals surface area contributed by atoms with Crippen LogP contribution >= 0.6 is 0 Å². The Morgan fingerprint density at radius 2 is 1.97 bits per heavy atom. The Labute approximate surface area is 191 Å². The fourth-order valence-corrected chi connectivity index (χ4v) is 3.83. The van der Waals surface area contributed by atoms with E-state index in [4.69, 9.17) is 9.47 Å². The number of aliphatic hydroxyl groups excluding tert-OH is 1. The number of hydrogen-bond acceptors (Lipinski definition) is 4. The van der Waals surface area contributed by atoms with Gasteiger partial charge in [-0.25, -0.2) is 0 Å². The molecule has 4 nitrogen and oxygen atoms in total. The van der Waals surface area contributed by atoms with Gasteiger partial charge >= 0.3 is 6.18 Å². The Hall–Kier alpha value is -2.57. The van der Waals surface area contributed by atoms with Crippen LogP contribution in [0.2, 0.25) is 0 Å². The molecule has 1 saturated carbocycles. The molecule has 0 heterocycles. The number of ether oxygens (including phenoxy) is 2. The van der Waals surface area contributed by atoms with Crippen LogP contribution in [0.15, 0.2) is 71.7 Å². The first-order valence-corrected chi connectivity index (χ1v) is 11.1. The highest BCUT2D eigenvalue weighted by Crippen LogP contribution is 2.33.